The standard InChI is InChI=1S/C36H41Cl2N5O3/c1-6-24-8-17-29(30(22-24)46-7-2)36(34(45)43-20-18-42(19-21-43)23-31(44)39-35(3,4)5)40-32(25-9-13-27(37)14-10-25)33(41-36)26-11-15-28(38)16-12-26/h1,8-17,22,32-33,40-41H,7,18-21,23H2,2-5H3,(H,39,44)/t32-,33+,36?. The molecular formula is C36H41Cl2N5O3. The number of ether oxygens (including phenoxy) is 1. The van der Waals surface area contributed by atoms with E-state index in [9.17, 15) is 9.59 Å². The van der Waals surface area contributed by atoms with Crippen molar-refractivity contribution in [2.24, 2.45) is 0 Å². The van der Waals surface area contributed by atoms with Crippen LogP contribution in [0, 0.1) is 12.3 Å². The minimum Gasteiger partial charge on any atom is -0.493 e. The number of hydrogen-bond acceptors (Lipinski definition) is 6. The van der Waals surface area contributed by atoms with Crippen LogP contribution >= 0.6 is 23.2 Å². The summed E-state index contributed by atoms with van der Waals surface area (Å²) >= 11 is 12.6. The monoisotopic (exact) mass is 661 g/mol. The Kier molecular flexibility index (Phi) is 10.3. The summed E-state index contributed by atoms with van der Waals surface area (Å²) in [6.07, 6.45) is 5.76. The molecule has 0 aromatic heterocycles. The van der Waals surface area contributed by atoms with Crippen molar-refractivity contribution in [3.63, 3.8) is 0 Å². The third-order valence-corrected chi connectivity index (χ3v) is 8.75. The summed E-state index contributed by atoms with van der Waals surface area (Å²) in [5.41, 5.74) is 1.52. The minimum absolute atomic E-state index is 0.0329. The van der Waals surface area contributed by atoms with Gasteiger partial charge in [0.25, 0.3) is 5.91 Å². The van der Waals surface area contributed by atoms with Gasteiger partial charge in [-0.15, -0.1) is 6.42 Å². The molecule has 8 nitrogen and oxygen atoms in total. The Hall–Kier alpha value is -3.58. The summed E-state index contributed by atoms with van der Waals surface area (Å²) in [4.78, 5) is 31.5. The molecule has 0 saturated carbocycles. The molecule has 10 heteroatoms. The molecular weight excluding hydrogens is 621 g/mol. The van der Waals surface area contributed by atoms with E-state index >= 15 is 0 Å². The highest BCUT2D eigenvalue weighted by molar-refractivity contribution is 6.30. The number of halogens is 2. The molecule has 3 N–H and O–H groups in total. The molecule has 2 fully saturated rings. The maximum atomic E-state index is 15.0. The molecule has 0 spiro atoms. The summed E-state index contributed by atoms with van der Waals surface area (Å²) in [6.45, 7) is 10.5. The fourth-order valence-electron chi connectivity index (χ4n) is 6.16. The lowest BCUT2D eigenvalue weighted by Crippen LogP contribution is -2.62. The molecule has 3 aromatic carbocycles. The zero-order chi connectivity index (χ0) is 33.1. The molecule has 0 aliphatic carbocycles. The van der Waals surface area contributed by atoms with E-state index in [4.69, 9.17) is 34.4 Å². The fraction of sp³-hybridized carbons (Fsp3) is 0.389. The molecule has 1 unspecified atom stereocenters. The highest BCUT2D eigenvalue weighted by Gasteiger charge is 2.54. The van der Waals surface area contributed by atoms with Gasteiger partial charge in [0.15, 0.2) is 5.66 Å². The Bertz CT molecular complexity index is 1540. The summed E-state index contributed by atoms with van der Waals surface area (Å²) in [7, 11) is 0. The first-order valence-electron chi connectivity index (χ1n) is 15.6. The van der Waals surface area contributed by atoms with Crippen molar-refractivity contribution < 1.29 is 14.3 Å². The average Bonchev–Trinajstić information content (AvgIpc) is 3.42. The van der Waals surface area contributed by atoms with E-state index in [2.05, 4.69) is 26.8 Å². The van der Waals surface area contributed by atoms with E-state index in [0.29, 0.717) is 59.7 Å². The van der Waals surface area contributed by atoms with Gasteiger partial charge in [0.1, 0.15) is 5.75 Å². The highest BCUT2D eigenvalue weighted by Crippen LogP contribution is 2.45. The van der Waals surface area contributed by atoms with Crippen LogP contribution in [0.4, 0.5) is 0 Å². The first-order chi connectivity index (χ1) is 21.9. The summed E-state index contributed by atoms with van der Waals surface area (Å²) in [5.74, 6) is 3.03. The zero-order valence-electron chi connectivity index (χ0n) is 26.7. The lowest BCUT2D eigenvalue weighted by molar-refractivity contribution is -0.141. The van der Waals surface area contributed by atoms with Gasteiger partial charge in [-0.25, -0.2) is 0 Å². The van der Waals surface area contributed by atoms with E-state index in [0.717, 1.165) is 11.1 Å². The van der Waals surface area contributed by atoms with Crippen LogP contribution in [0.25, 0.3) is 0 Å². The lowest BCUT2D eigenvalue weighted by atomic mass is 9.95. The van der Waals surface area contributed by atoms with Crippen LogP contribution in [-0.4, -0.2) is 66.5 Å². The van der Waals surface area contributed by atoms with Gasteiger partial charge in [0, 0.05) is 52.9 Å². The van der Waals surface area contributed by atoms with Crippen LogP contribution in [-0.2, 0) is 15.3 Å². The Morgan fingerprint density at radius 3 is 1.96 bits per heavy atom. The first-order valence-corrected chi connectivity index (χ1v) is 16.3. The highest BCUT2D eigenvalue weighted by atomic mass is 35.5. The SMILES string of the molecule is C#Cc1ccc(C2(C(=O)N3CCN(CC(=O)NC(C)(C)C)CC3)N[C@H](c3ccc(Cl)cc3)[C@H](c3ccc(Cl)cc3)N2)c(OCC)c1. The van der Waals surface area contributed by atoms with Gasteiger partial charge >= 0.3 is 0 Å². The van der Waals surface area contributed by atoms with Crippen LogP contribution in [0.3, 0.4) is 0 Å². The van der Waals surface area contributed by atoms with E-state index in [-0.39, 0.29) is 36.0 Å². The number of amides is 2. The van der Waals surface area contributed by atoms with E-state index in [1.54, 1.807) is 6.07 Å². The average molecular weight is 663 g/mol. The molecule has 2 heterocycles. The number of terminal acetylenes is 1. The van der Waals surface area contributed by atoms with Gasteiger partial charge < -0.3 is 15.0 Å². The van der Waals surface area contributed by atoms with Crippen LogP contribution in [0.5, 0.6) is 5.75 Å². The number of carbonyl (C=O) groups is 2. The predicted molar refractivity (Wildman–Crippen MR) is 183 cm³/mol. The van der Waals surface area contributed by atoms with Gasteiger partial charge in [0.2, 0.25) is 5.91 Å². The summed E-state index contributed by atoms with van der Waals surface area (Å²) < 4.78 is 6.13. The van der Waals surface area contributed by atoms with Crippen LogP contribution in [0.1, 0.15) is 62.0 Å². The van der Waals surface area contributed by atoms with Crippen molar-refractivity contribution in [1.29, 1.82) is 0 Å². The third kappa shape index (κ3) is 7.52. The summed E-state index contributed by atoms with van der Waals surface area (Å²) in [6, 6.07) is 20.1. The predicted octanol–water partition coefficient (Wildman–Crippen LogP) is 5.26. The Balaban J connectivity index is 1.54. The molecule has 2 aliphatic heterocycles. The van der Waals surface area contributed by atoms with Crippen molar-refractivity contribution in [2.45, 2.75) is 51.0 Å². The topological polar surface area (TPSA) is 85.9 Å². The molecule has 3 aromatic rings. The van der Waals surface area contributed by atoms with Gasteiger partial charge in [-0.05, 0) is 75.2 Å². The quantitative estimate of drug-likeness (QED) is 0.286. The maximum Gasteiger partial charge on any atom is 0.262 e. The normalized spacial score (nSPS) is 21.9. The van der Waals surface area contributed by atoms with Gasteiger partial charge in [-0.2, -0.15) is 0 Å². The van der Waals surface area contributed by atoms with Crippen molar-refractivity contribution in [1.82, 2.24) is 25.8 Å². The van der Waals surface area contributed by atoms with E-state index in [1.165, 1.54) is 0 Å². The Morgan fingerprint density at radius 1 is 0.935 bits per heavy atom. The summed E-state index contributed by atoms with van der Waals surface area (Å²) in [5, 5.41) is 11.7. The molecule has 0 radical (unpaired) electrons. The van der Waals surface area contributed by atoms with Crippen molar-refractivity contribution in [3.05, 3.63) is 99.0 Å². The van der Waals surface area contributed by atoms with Crippen LogP contribution in [0.2, 0.25) is 10.0 Å². The molecule has 46 heavy (non-hydrogen) atoms. The number of nitrogens with zero attached hydrogens (tertiary/aromatic N) is 2. The second kappa shape index (κ2) is 14.0. The second-order valence-electron chi connectivity index (χ2n) is 12.8. The first kappa shape index (κ1) is 33.8. The molecule has 0 bridgehead atoms. The number of piperazine rings is 1. The van der Waals surface area contributed by atoms with Gasteiger partial charge in [-0.1, -0.05) is 59.5 Å². The van der Waals surface area contributed by atoms with Crippen LogP contribution < -0.4 is 20.7 Å². The lowest BCUT2D eigenvalue weighted by Gasteiger charge is -2.40. The van der Waals surface area contributed by atoms with E-state index in [1.807, 2.05) is 93.3 Å². The van der Waals surface area contributed by atoms with E-state index < -0.39 is 5.66 Å². The molecule has 2 amide bonds. The number of hydrogen-bond donors (Lipinski definition) is 3. The molecule has 3 atom stereocenters. The number of nitrogens with one attached hydrogen (secondary N) is 3. The third-order valence-electron chi connectivity index (χ3n) is 8.25. The number of rotatable bonds is 8. The maximum absolute atomic E-state index is 15.0. The fourth-order valence-corrected chi connectivity index (χ4v) is 6.42. The largest absolute Gasteiger partial charge is 0.493 e. The zero-order valence-corrected chi connectivity index (χ0v) is 28.2. The van der Waals surface area contributed by atoms with Crippen molar-refractivity contribution in [3.8, 4) is 18.1 Å². The Labute approximate surface area is 281 Å². The number of benzene rings is 3. The Morgan fingerprint density at radius 2 is 1.48 bits per heavy atom. The minimum atomic E-state index is -1.38. The number of carbonyl (C=O) groups excluding carboxylic acids is 2. The van der Waals surface area contributed by atoms with Crippen LogP contribution in [0.15, 0.2) is 66.7 Å². The second-order valence-corrected chi connectivity index (χ2v) is 13.6. The van der Waals surface area contributed by atoms with Gasteiger partial charge in [0.05, 0.1) is 25.2 Å². The smallest absolute Gasteiger partial charge is 0.262 e. The molecule has 5 rings (SSSR count). The molecule has 2 aliphatic rings. The van der Waals surface area contributed by atoms with Gasteiger partial charge in [-0.3, -0.25) is 25.1 Å². The van der Waals surface area contributed by atoms with Crippen molar-refractivity contribution >= 4 is 35.0 Å². The van der Waals surface area contributed by atoms with Crippen molar-refractivity contribution in [2.75, 3.05) is 39.3 Å². The molecule has 242 valence electrons. The molecule has 2 saturated heterocycles.